The van der Waals surface area contributed by atoms with Gasteiger partial charge in [0.05, 0.1) is 4.88 Å². The number of thiophene rings is 1. The van der Waals surface area contributed by atoms with Gasteiger partial charge in [-0.05, 0) is 64.5 Å². The monoisotopic (exact) mass is 431 g/mol. The lowest BCUT2D eigenvalue weighted by Crippen LogP contribution is -2.48. The molecule has 2 rings (SSSR count). The van der Waals surface area contributed by atoms with Crippen LogP contribution in [0.2, 0.25) is 0 Å². The second-order valence-corrected chi connectivity index (χ2v) is 6.45. The maximum Gasteiger partial charge on any atom is 0.279 e. The van der Waals surface area contributed by atoms with E-state index in [9.17, 15) is 9.59 Å². The Balaban J connectivity index is 1.84. The maximum atomic E-state index is 11.9. The summed E-state index contributed by atoms with van der Waals surface area (Å²) < 4.78 is 0.949. The molecule has 108 valence electrons. The molecule has 2 aromatic rings. The number of carbonyl (C=O) groups excluding carboxylic acids is 2. The molecule has 0 saturated heterocycles. The summed E-state index contributed by atoms with van der Waals surface area (Å²) in [4.78, 5) is 24.2. The number of carbonyl (C=O) groups is 2. The molecule has 0 unspecified atom stereocenters. The summed E-state index contributed by atoms with van der Waals surface area (Å²) in [6.45, 7) is 0. The van der Waals surface area contributed by atoms with Crippen LogP contribution in [0.25, 0.3) is 0 Å². The Morgan fingerprint density at radius 1 is 1.10 bits per heavy atom. The molecule has 1 aromatic carbocycles. The van der Waals surface area contributed by atoms with Crippen LogP contribution in [0.3, 0.4) is 0 Å². The first kappa shape index (κ1) is 15.9. The lowest BCUT2D eigenvalue weighted by Gasteiger charge is -2.10. The Morgan fingerprint density at radius 2 is 1.90 bits per heavy atom. The molecule has 0 fully saturated rings. The van der Waals surface area contributed by atoms with Crippen molar-refractivity contribution in [3.63, 3.8) is 0 Å². The number of rotatable bonds is 2. The number of nitrogens with one attached hydrogen (secondary N) is 3. The number of thiocarbonyl (C=S) groups is 1. The fraction of sp³-hybridized carbons (Fsp3) is 0. The molecule has 8 heteroatoms. The minimum atomic E-state index is -0.337. The average Bonchev–Trinajstić information content (AvgIpc) is 2.99. The van der Waals surface area contributed by atoms with Gasteiger partial charge in [-0.3, -0.25) is 25.8 Å². The van der Waals surface area contributed by atoms with Gasteiger partial charge in [0.2, 0.25) is 0 Å². The van der Waals surface area contributed by atoms with Gasteiger partial charge in [0.1, 0.15) is 0 Å². The Bertz CT molecular complexity index is 674. The van der Waals surface area contributed by atoms with Crippen molar-refractivity contribution in [2.45, 2.75) is 0 Å². The molecule has 0 spiro atoms. The van der Waals surface area contributed by atoms with E-state index in [0.29, 0.717) is 10.4 Å². The van der Waals surface area contributed by atoms with Crippen molar-refractivity contribution < 1.29 is 9.59 Å². The smallest absolute Gasteiger partial charge is 0.279 e. The van der Waals surface area contributed by atoms with Gasteiger partial charge in [-0.15, -0.1) is 11.3 Å². The summed E-state index contributed by atoms with van der Waals surface area (Å²) in [6.07, 6.45) is 0. The van der Waals surface area contributed by atoms with Crippen LogP contribution < -0.4 is 16.2 Å². The molecule has 0 aliphatic rings. The second-order valence-electron chi connectivity index (χ2n) is 3.85. The number of amides is 2. The zero-order valence-corrected chi connectivity index (χ0v) is 14.3. The molecule has 3 N–H and O–H groups in total. The second kappa shape index (κ2) is 7.48. The van der Waals surface area contributed by atoms with Crippen LogP contribution in [-0.2, 0) is 0 Å². The maximum absolute atomic E-state index is 11.9. The van der Waals surface area contributed by atoms with Crippen molar-refractivity contribution in [3.8, 4) is 0 Å². The van der Waals surface area contributed by atoms with E-state index in [0.717, 1.165) is 3.57 Å². The number of hydrogen-bond acceptors (Lipinski definition) is 4. The average molecular weight is 431 g/mol. The van der Waals surface area contributed by atoms with Crippen LogP contribution in [0.15, 0.2) is 41.8 Å². The standard InChI is InChI=1S/C13H10IN3O2S2/c14-9-4-1-3-8(7-9)11(18)15-13(20)17-16-12(19)10-5-2-6-21-10/h1-7H,(H,16,19)(H2,15,17,18,20). The van der Waals surface area contributed by atoms with Crippen molar-refractivity contribution in [3.05, 3.63) is 55.8 Å². The highest BCUT2D eigenvalue weighted by Gasteiger charge is 2.10. The molecule has 0 saturated carbocycles. The van der Waals surface area contributed by atoms with E-state index < -0.39 is 0 Å². The molecule has 1 aromatic heterocycles. The van der Waals surface area contributed by atoms with Gasteiger partial charge < -0.3 is 0 Å². The van der Waals surface area contributed by atoms with Crippen LogP contribution in [0.1, 0.15) is 20.0 Å². The highest BCUT2D eigenvalue weighted by Crippen LogP contribution is 2.08. The van der Waals surface area contributed by atoms with Gasteiger partial charge in [-0.1, -0.05) is 12.1 Å². The molecule has 0 aliphatic heterocycles. The van der Waals surface area contributed by atoms with E-state index >= 15 is 0 Å². The zero-order valence-electron chi connectivity index (χ0n) is 10.6. The van der Waals surface area contributed by atoms with Crippen molar-refractivity contribution >= 4 is 63.1 Å². The van der Waals surface area contributed by atoms with E-state index in [1.54, 1.807) is 35.7 Å². The number of hydrogen-bond donors (Lipinski definition) is 3. The molecular formula is C13H10IN3O2S2. The van der Waals surface area contributed by atoms with Crippen molar-refractivity contribution in [1.82, 2.24) is 16.2 Å². The van der Waals surface area contributed by atoms with E-state index in [-0.39, 0.29) is 16.9 Å². The Kier molecular flexibility index (Phi) is 5.65. The SMILES string of the molecule is O=C(NC(=S)NNC(=O)c1cccs1)c1cccc(I)c1. The van der Waals surface area contributed by atoms with Crippen LogP contribution in [0, 0.1) is 3.57 Å². The molecule has 0 atom stereocenters. The predicted octanol–water partition coefficient (Wildman–Crippen LogP) is 2.30. The van der Waals surface area contributed by atoms with E-state index in [1.165, 1.54) is 11.3 Å². The molecule has 1 heterocycles. The normalized spacial score (nSPS) is 9.76. The first-order valence-corrected chi connectivity index (χ1v) is 8.13. The summed E-state index contributed by atoms with van der Waals surface area (Å²) in [7, 11) is 0. The van der Waals surface area contributed by atoms with E-state index in [2.05, 4.69) is 38.8 Å². The Hall–Kier alpha value is -1.52. The predicted molar refractivity (Wildman–Crippen MR) is 94.1 cm³/mol. The molecule has 5 nitrogen and oxygen atoms in total. The summed E-state index contributed by atoms with van der Waals surface area (Å²) in [5, 5.41) is 4.32. The molecule has 21 heavy (non-hydrogen) atoms. The van der Waals surface area contributed by atoms with Crippen LogP contribution in [-0.4, -0.2) is 16.9 Å². The van der Waals surface area contributed by atoms with Gasteiger partial charge in [0, 0.05) is 9.13 Å². The Labute approximate surface area is 144 Å². The van der Waals surface area contributed by atoms with Crippen LogP contribution in [0.4, 0.5) is 0 Å². The molecular weight excluding hydrogens is 421 g/mol. The summed E-state index contributed by atoms with van der Waals surface area (Å²) >= 11 is 8.39. The van der Waals surface area contributed by atoms with Crippen molar-refractivity contribution in [2.75, 3.05) is 0 Å². The molecule has 0 aliphatic carbocycles. The van der Waals surface area contributed by atoms with Gasteiger partial charge in [0.25, 0.3) is 11.8 Å². The first-order valence-electron chi connectivity index (χ1n) is 5.77. The highest BCUT2D eigenvalue weighted by molar-refractivity contribution is 14.1. The minimum Gasteiger partial charge on any atom is -0.298 e. The summed E-state index contributed by atoms with van der Waals surface area (Å²) in [5.41, 5.74) is 5.40. The zero-order chi connectivity index (χ0) is 15.2. The quantitative estimate of drug-likeness (QED) is 0.388. The molecule has 2 amide bonds. The number of hydrazine groups is 1. The highest BCUT2D eigenvalue weighted by atomic mass is 127. The van der Waals surface area contributed by atoms with Gasteiger partial charge in [-0.2, -0.15) is 0 Å². The third-order valence-corrected chi connectivity index (χ3v) is 4.09. The first-order chi connectivity index (χ1) is 10.1. The third-order valence-electron chi connectivity index (χ3n) is 2.35. The fourth-order valence-electron chi connectivity index (χ4n) is 1.42. The number of halogens is 1. The minimum absolute atomic E-state index is 0.0313. The van der Waals surface area contributed by atoms with Gasteiger partial charge in [-0.25, -0.2) is 0 Å². The lowest BCUT2D eigenvalue weighted by molar-refractivity contribution is 0.0938. The fourth-order valence-corrected chi connectivity index (χ4v) is 2.72. The van der Waals surface area contributed by atoms with Crippen molar-refractivity contribution in [1.29, 1.82) is 0 Å². The lowest BCUT2D eigenvalue weighted by atomic mass is 10.2. The van der Waals surface area contributed by atoms with Gasteiger partial charge in [0.15, 0.2) is 5.11 Å². The Morgan fingerprint density at radius 3 is 2.57 bits per heavy atom. The largest absolute Gasteiger partial charge is 0.298 e. The number of benzene rings is 1. The summed E-state index contributed by atoms with van der Waals surface area (Å²) in [6, 6.07) is 10.6. The third kappa shape index (κ3) is 4.76. The van der Waals surface area contributed by atoms with Crippen LogP contribution >= 0.6 is 46.1 Å². The summed E-state index contributed by atoms with van der Waals surface area (Å²) in [5.74, 6) is -0.646. The van der Waals surface area contributed by atoms with E-state index in [1.807, 2.05) is 6.07 Å². The van der Waals surface area contributed by atoms with Crippen molar-refractivity contribution in [2.24, 2.45) is 0 Å². The molecule has 0 radical (unpaired) electrons. The van der Waals surface area contributed by atoms with Gasteiger partial charge >= 0.3 is 0 Å². The van der Waals surface area contributed by atoms with E-state index in [4.69, 9.17) is 12.2 Å². The molecule has 0 bridgehead atoms. The topological polar surface area (TPSA) is 70.2 Å². The van der Waals surface area contributed by atoms with Crippen LogP contribution in [0.5, 0.6) is 0 Å².